The average molecular weight is 482 g/mol. The van der Waals surface area contributed by atoms with Gasteiger partial charge in [0.05, 0.1) is 0 Å². The van der Waals surface area contributed by atoms with E-state index in [1.807, 2.05) is 0 Å². The van der Waals surface area contributed by atoms with E-state index < -0.39 is 59.5 Å². The first-order chi connectivity index (χ1) is 12.2. The van der Waals surface area contributed by atoms with Gasteiger partial charge in [0.25, 0.3) is 0 Å². The van der Waals surface area contributed by atoms with E-state index in [-0.39, 0.29) is 0 Å². The fourth-order valence-corrected chi connectivity index (χ4v) is 1.95. The Bertz CT molecular complexity index is 602. The lowest BCUT2D eigenvalue weighted by Gasteiger charge is -2.47. The maximum atomic E-state index is 13.1. The minimum Gasteiger partial charge on any atom is -0.234 e. The lowest BCUT2D eigenvalue weighted by molar-refractivity contribution is -0.483. The van der Waals surface area contributed by atoms with Crippen molar-refractivity contribution in [2.45, 2.75) is 59.5 Å². The van der Waals surface area contributed by atoms with Gasteiger partial charge in [0, 0.05) is 0 Å². The topological polar surface area (TPSA) is 0 Å². The normalized spacial score (nSPS) is 33.6. The summed E-state index contributed by atoms with van der Waals surface area (Å²) in [6.45, 7) is 0. The third kappa shape index (κ3) is 2.38. The Labute approximate surface area is 144 Å². The summed E-state index contributed by atoms with van der Waals surface area (Å²) in [7, 11) is 0. The van der Waals surface area contributed by atoms with Crippen LogP contribution in [0.1, 0.15) is 0 Å². The average Bonchev–Trinajstić information content (AvgIpc) is 2.51. The van der Waals surface area contributed by atoms with Crippen molar-refractivity contribution in [3.05, 3.63) is 0 Å². The van der Waals surface area contributed by atoms with Crippen LogP contribution in [0, 0.1) is 0 Å². The summed E-state index contributed by atoms with van der Waals surface area (Å²) in [6, 6.07) is 0. The van der Waals surface area contributed by atoms with Crippen molar-refractivity contribution in [2.75, 3.05) is 0 Å². The van der Waals surface area contributed by atoms with E-state index >= 15 is 0 Å². The van der Waals surface area contributed by atoms with E-state index in [1.165, 1.54) is 0 Å². The summed E-state index contributed by atoms with van der Waals surface area (Å²) in [6.07, 6.45) is -6.96. The van der Waals surface area contributed by atoms with Crippen molar-refractivity contribution in [3.8, 4) is 0 Å². The van der Waals surface area contributed by atoms with Gasteiger partial charge in [-0.3, -0.25) is 0 Å². The third-order valence-corrected chi connectivity index (χ3v) is 3.84. The van der Waals surface area contributed by atoms with Crippen LogP contribution in [0.15, 0.2) is 0 Å². The second-order valence-corrected chi connectivity index (χ2v) is 5.63. The van der Waals surface area contributed by atoms with Crippen molar-refractivity contribution in [1.29, 1.82) is 0 Å². The molecule has 19 heteroatoms. The summed E-state index contributed by atoms with van der Waals surface area (Å²) < 4.78 is 248. The fraction of sp³-hybridized carbons (Fsp3) is 1.00. The highest BCUT2D eigenvalue weighted by atomic mass is 19.4. The van der Waals surface area contributed by atoms with Crippen LogP contribution in [0.2, 0.25) is 0 Å². The first-order valence-corrected chi connectivity index (χ1v) is 6.20. The Hall–Kier alpha value is -1.33. The van der Waals surface area contributed by atoms with Crippen LogP contribution < -0.4 is 0 Å². The molecule has 29 heavy (non-hydrogen) atoms. The monoisotopic (exact) mass is 482 g/mol. The molecule has 0 N–H and O–H groups in total. The molecule has 0 aromatic heterocycles. The molecule has 174 valence electrons. The van der Waals surface area contributed by atoms with Gasteiger partial charge >= 0.3 is 53.3 Å². The van der Waals surface area contributed by atoms with Crippen molar-refractivity contribution in [3.63, 3.8) is 0 Å². The molecule has 0 unspecified atom stereocenters. The molecule has 1 aliphatic rings. The quantitative estimate of drug-likeness (QED) is 0.369. The standard InChI is InChI=1S/C10HF19/c11-1-2(12,13)4(16,17)6(20,21)8(24,25)10(28,29)9(26,27)7(22,23)5(18,19)3(1,14)15/h1H. The lowest BCUT2D eigenvalue weighted by Crippen LogP contribution is -2.80. The largest absolute Gasteiger partial charge is 0.385 e. The van der Waals surface area contributed by atoms with Gasteiger partial charge in [0.2, 0.25) is 6.17 Å². The zero-order valence-electron chi connectivity index (χ0n) is 12.3. The van der Waals surface area contributed by atoms with Crippen LogP contribution >= 0.6 is 0 Å². The van der Waals surface area contributed by atoms with E-state index in [0.29, 0.717) is 0 Å². The predicted octanol–water partition coefficient (Wildman–Crippen LogP) is 6.06. The summed E-state index contributed by atoms with van der Waals surface area (Å²) in [5.41, 5.74) is 0. The Balaban J connectivity index is 4.23. The molecular weight excluding hydrogens is 481 g/mol. The molecule has 0 aliphatic heterocycles. The Kier molecular flexibility index (Phi) is 5.03. The number of hydrogen-bond acceptors (Lipinski definition) is 0. The molecule has 0 aromatic rings. The summed E-state index contributed by atoms with van der Waals surface area (Å²) in [4.78, 5) is 0. The van der Waals surface area contributed by atoms with Crippen LogP contribution in [-0.2, 0) is 0 Å². The summed E-state index contributed by atoms with van der Waals surface area (Å²) in [5, 5.41) is 0. The van der Waals surface area contributed by atoms with Gasteiger partial charge in [-0.15, -0.1) is 0 Å². The Morgan fingerprint density at radius 3 is 0.586 bits per heavy atom. The third-order valence-electron chi connectivity index (χ3n) is 3.84. The maximum absolute atomic E-state index is 13.1. The van der Waals surface area contributed by atoms with Gasteiger partial charge < -0.3 is 0 Å². The number of halogens is 19. The molecule has 1 aliphatic carbocycles. The summed E-state index contributed by atoms with van der Waals surface area (Å²) in [5.74, 6) is -76.9. The second-order valence-electron chi connectivity index (χ2n) is 5.63. The van der Waals surface area contributed by atoms with Crippen LogP contribution in [-0.4, -0.2) is 59.5 Å². The smallest absolute Gasteiger partial charge is 0.234 e. The summed E-state index contributed by atoms with van der Waals surface area (Å²) >= 11 is 0. The van der Waals surface area contributed by atoms with E-state index in [2.05, 4.69) is 0 Å². The molecule has 0 radical (unpaired) electrons. The molecule has 0 atom stereocenters. The highest BCUT2D eigenvalue weighted by Gasteiger charge is 2.99. The number of hydrogen-bond donors (Lipinski definition) is 0. The van der Waals surface area contributed by atoms with E-state index in [1.54, 1.807) is 0 Å². The minimum atomic E-state index is -8.78. The molecule has 0 heterocycles. The van der Waals surface area contributed by atoms with Crippen LogP contribution in [0.5, 0.6) is 0 Å². The molecule has 1 fully saturated rings. The van der Waals surface area contributed by atoms with Gasteiger partial charge in [-0.1, -0.05) is 0 Å². The predicted molar refractivity (Wildman–Crippen MR) is 49.4 cm³/mol. The van der Waals surface area contributed by atoms with Crippen LogP contribution in [0.4, 0.5) is 83.4 Å². The van der Waals surface area contributed by atoms with Gasteiger partial charge in [-0.2, -0.15) is 79.0 Å². The van der Waals surface area contributed by atoms with E-state index in [0.717, 1.165) is 0 Å². The van der Waals surface area contributed by atoms with E-state index in [9.17, 15) is 83.4 Å². The first-order valence-electron chi connectivity index (χ1n) is 6.20. The first kappa shape index (κ1) is 25.7. The molecular formula is C10HF19. The van der Waals surface area contributed by atoms with Crippen molar-refractivity contribution in [2.24, 2.45) is 0 Å². The van der Waals surface area contributed by atoms with Crippen molar-refractivity contribution in [1.82, 2.24) is 0 Å². The van der Waals surface area contributed by atoms with Crippen LogP contribution in [0.25, 0.3) is 0 Å². The number of rotatable bonds is 0. The van der Waals surface area contributed by atoms with Crippen LogP contribution in [0.3, 0.4) is 0 Å². The van der Waals surface area contributed by atoms with Gasteiger partial charge in [0.1, 0.15) is 0 Å². The molecule has 0 aromatic carbocycles. The highest BCUT2D eigenvalue weighted by Crippen LogP contribution is 2.68. The Morgan fingerprint density at radius 1 is 0.276 bits per heavy atom. The zero-order chi connectivity index (χ0) is 24.1. The molecule has 1 rings (SSSR count). The fourth-order valence-electron chi connectivity index (χ4n) is 1.95. The highest BCUT2D eigenvalue weighted by molar-refractivity contribution is 5.22. The van der Waals surface area contributed by atoms with Crippen molar-refractivity contribution < 1.29 is 83.4 Å². The zero-order valence-corrected chi connectivity index (χ0v) is 12.3. The molecule has 0 amide bonds. The van der Waals surface area contributed by atoms with Gasteiger partial charge in [-0.25, -0.2) is 4.39 Å². The molecule has 0 nitrogen and oxygen atoms in total. The number of alkyl halides is 19. The maximum Gasteiger partial charge on any atom is 0.385 e. The second kappa shape index (κ2) is 5.67. The van der Waals surface area contributed by atoms with Crippen molar-refractivity contribution >= 4 is 0 Å². The van der Waals surface area contributed by atoms with Gasteiger partial charge in [-0.05, 0) is 0 Å². The molecule has 0 bridgehead atoms. The Morgan fingerprint density at radius 2 is 0.414 bits per heavy atom. The molecule has 0 spiro atoms. The van der Waals surface area contributed by atoms with Gasteiger partial charge in [0.15, 0.2) is 0 Å². The molecule has 0 saturated heterocycles. The molecule has 1 saturated carbocycles. The minimum absolute atomic E-state index is 6.96. The SMILES string of the molecule is FC1C(F)(F)C(F)(F)C(F)(F)C(F)(F)C(F)(F)C(F)(F)C(F)(F)C(F)(F)C1(F)F. The lowest BCUT2D eigenvalue weighted by atomic mass is 9.80. The van der Waals surface area contributed by atoms with E-state index in [4.69, 9.17) is 0 Å².